The van der Waals surface area contributed by atoms with Crippen molar-refractivity contribution in [2.75, 3.05) is 16.8 Å². The van der Waals surface area contributed by atoms with Crippen LogP contribution in [0.5, 0.6) is 0 Å². The van der Waals surface area contributed by atoms with Crippen LogP contribution in [-0.2, 0) is 9.84 Å². The summed E-state index contributed by atoms with van der Waals surface area (Å²) in [6.45, 7) is 1.96. The fourth-order valence-corrected chi connectivity index (χ4v) is 4.24. The van der Waals surface area contributed by atoms with Crippen molar-refractivity contribution in [1.82, 2.24) is 5.32 Å². The zero-order valence-electron chi connectivity index (χ0n) is 10.4. The van der Waals surface area contributed by atoms with E-state index in [0.717, 1.165) is 10.0 Å². The van der Waals surface area contributed by atoms with Gasteiger partial charge in [-0.3, -0.25) is 0 Å². The smallest absolute Gasteiger partial charge is 0.319 e. The maximum Gasteiger partial charge on any atom is 0.319 e. The monoisotopic (exact) mass is 346 g/mol. The Bertz CT molecular complexity index is 601. The Kier molecular flexibility index (Phi) is 4.15. The van der Waals surface area contributed by atoms with Gasteiger partial charge in [-0.15, -0.1) is 0 Å². The molecule has 2 rings (SSSR count). The van der Waals surface area contributed by atoms with Gasteiger partial charge in [0.25, 0.3) is 0 Å². The molecule has 0 saturated carbocycles. The first-order valence-corrected chi connectivity index (χ1v) is 8.51. The molecule has 0 aromatic heterocycles. The molecule has 1 fully saturated rings. The molecule has 0 bridgehead atoms. The molecule has 1 atom stereocenters. The van der Waals surface area contributed by atoms with Gasteiger partial charge >= 0.3 is 6.03 Å². The van der Waals surface area contributed by atoms with Crippen LogP contribution >= 0.6 is 15.9 Å². The molecule has 0 radical (unpaired) electrons. The van der Waals surface area contributed by atoms with Gasteiger partial charge in [-0.05, 0) is 47.0 Å². The van der Waals surface area contributed by atoms with Crippen molar-refractivity contribution in [2.45, 2.75) is 19.4 Å². The number of aryl methyl sites for hydroxylation is 1. The lowest BCUT2D eigenvalue weighted by Gasteiger charge is -2.13. The molecule has 0 aliphatic carbocycles. The third-order valence-electron chi connectivity index (χ3n) is 2.94. The first-order chi connectivity index (χ1) is 8.85. The second kappa shape index (κ2) is 5.50. The minimum absolute atomic E-state index is 0.0233. The van der Waals surface area contributed by atoms with E-state index in [4.69, 9.17) is 0 Å². The van der Waals surface area contributed by atoms with Crippen LogP contribution in [0.3, 0.4) is 0 Å². The summed E-state index contributed by atoms with van der Waals surface area (Å²) in [5.74, 6) is 0.168. The van der Waals surface area contributed by atoms with E-state index in [9.17, 15) is 13.2 Å². The minimum atomic E-state index is -2.98. The Labute approximate surface area is 120 Å². The molecule has 1 saturated heterocycles. The molecule has 0 unspecified atom stereocenters. The SMILES string of the molecule is Cc1ccc(NC(=O)N[C@H]2CCS(=O)(=O)C2)c(Br)c1. The fourth-order valence-electron chi connectivity index (χ4n) is 1.97. The Morgan fingerprint density at radius 2 is 2.16 bits per heavy atom. The Morgan fingerprint density at radius 1 is 1.42 bits per heavy atom. The van der Waals surface area contributed by atoms with E-state index in [1.807, 2.05) is 19.1 Å². The standard InChI is InChI=1S/C12H15BrN2O3S/c1-8-2-3-11(10(13)6-8)15-12(16)14-9-4-5-19(17,18)7-9/h2-3,6,9H,4-5,7H2,1H3,(H2,14,15,16)/t9-/m0/s1. The highest BCUT2D eigenvalue weighted by Crippen LogP contribution is 2.23. The summed E-state index contributed by atoms with van der Waals surface area (Å²) in [5, 5.41) is 5.37. The number of anilines is 1. The molecule has 2 amide bonds. The van der Waals surface area contributed by atoms with Crippen LogP contribution in [0.2, 0.25) is 0 Å². The first-order valence-electron chi connectivity index (χ1n) is 5.90. The van der Waals surface area contributed by atoms with Crippen molar-refractivity contribution in [3.05, 3.63) is 28.2 Å². The van der Waals surface area contributed by atoms with Crippen molar-refractivity contribution in [3.8, 4) is 0 Å². The van der Waals surface area contributed by atoms with Gasteiger partial charge in [-0.2, -0.15) is 0 Å². The summed E-state index contributed by atoms with van der Waals surface area (Å²) in [4.78, 5) is 11.8. The number of benzene rings is 1. The molecule has 7 heteroatoms. The van der Waals surface area contributed by atoms with E-state index in [2.05, 4.69) is 26.6 Å². The normalized spacial score (nSPS) is 21.1. The topological polar surface area (TPSA) is 75.3 Å². The molecule has 5 nitrogen and oxygen atoms in total. The second-order valence-electron chi connectivity index (χ2n) is 4.68. The van der Waals surface area contributed by atoms with Crippen molar-refractivity contribution < 1.29 is 13.2 Å². The predicted molar refractivity (Wildman–Crippen MR) is 78.1 cm³/mol. The number of hydrogen-bond acceptors (Lipinski definition) is 3. The maximum absolute atomic E-state index is 11.8. The van der Waals surface area contributed by atoms with Gasteiger partial charge < -0.3 is 10.6 Å². The van der Waals surface area contributed by atoms with Gasteiger partial charge in [-0.25, -0.2) is 13.2 Å². The molecule has 0 spiro atoms. The lowest BCUT2D eigenvalue weighted by atomic mass is 10.2. The highest BCUT2D eigenvalue weighted by Gasteiger charge is 2.28. The number of carbonyl (C=O) groups excluding carboxylic acids is 1. The highest BCUT2D eigenvalue weighted by molar-refractivity contribution is 9.10. The maximum atomic E-state index is 11.8. The molecule has 1 aromatic rings. The zero-order chi connectivity index (χ0) is 14.0. The number of rotatable bonds is 2. The number of hydrogen-bond donors (Lipinski definition) is 2. The van der Waals surface area contributed by atoms with E-state index in [0.29, 0.717) is 12.1 Å². The van der Waals surface area contributed by atoms with Crippen molar-refractivity contribution in [1.29, 1.82) is 0 Å². The molecule has 1 aliphatic heterocycles. The molecule has 1 aliphatic rings. The number of carbonyl (C=O) groups is 1. The van der Waals surface area contributed by atoms with E-state index in [-0.39, 0.29) is 23.6 Å². The summed E-state index contributed by atoms with van der Waals surface area (Å²) < 4.78 is 23.4. The van der Waals surface area contributed by atoms with Crippen molar-refractivity contribution in [3.63, 3.8) is 0 Å². The number of amides is 2. The fraction of sp³-hybridized carbons (Fsp3) is 0.417. The molecule has 19 heavy (non-hydrogen) atoms. The molecular weight excluding hydrogens is 332 g/mol. The quantitative estimate of drug-likeness (QED) is 0.860. The van der Waals surface area contributed by atoms with Gasteiger partial charge in [0, 0.05) is 10.5 Å². The molecule has 104 valence electrons. The number of nitrogens with one attached hydrogen (secondary N) is 2. The number of sulfone groups is 1. The van der Waals surface area contributed by atoms with Gasteiger partial charge in [0.1, 0.15) is 0 Å². The van der Waals surface area contributed by atoms with Crippen LogP contribution in [0.25, 0.3) is 0 Å². The molecular formula is C12H15BrN2O3S. The first kappa shape index (κ1) is 14.3. The number of halogens is 1. The predicted octanol–water partition coefficient (Wildman–Crippen LogP) is 2.07. The average Bonchev–Trinajstić information content (AvgIpc) is 2.62. The lowest BCUT2D eigenvalue weighted by Crippen LogP contribution is -2.38. The zero-order valence-corrected chi connectivity index (χ0v) is 12.8. The van der Waals surface area contributed by atoms with Crippen molar-refractivity contribution in [2.24, 2.45) is 0 Å². The van der Waals surface area contributed by atoms with Crippen LogP contribution in [0.15, 0.2) is 22.7 Å². The Hall–Kier alpha value is -1.08. The Morgan fingerprint density at radius 3 is 2.74 bits per heavy atom. The minimum Gasteiger partial charge on any atom is -0.334 e. The van der Waals surface area contributed by atoms with Gasteiger partial charge in [0.15, 0.2) is 9.84 Å². The van der Waals surface area contributed by atoms with Crippen LogP contribution in [0.4, 0.5) is 10.5 Å². The van der Waals surface area contributed by atoms with Gasteiger partial charge in [-0.1, -0.05) is 6.07 Å². The van der Waals surface area contributed by atoms with Crippen LogP contribution in [0.1, 0.15) is 12.0 Å². The Balaban J connectivity index is 1.95. The second-order valence-corrected chi connectivity index (χ2v) is 7.76. The van der Waals surface area contributed by atoms with Crippen LogP contribution in [-0.4, -0.2) is 32.0 Å². The summed E-state index contributed by atoms with van der Waals surface area (Å²) in [5.41, 5.74) is 1.74. The largest absolute Gasteiger partial charge is 0.334 e. The van der Waals surface area contributed by atoms with E-state index in [1.54, 1.807) is 6.07 Å². The average molecular weight is 347 g/mol. The van der Waals surface area contributed by atoms with Crippen molar-refractivity contribution >= 4 is 37.5 Å². The summed E-state index contributed by atoms with van der Waals surface area (Å²) in [6, 6.07) is 4.90. The summed E-state index contributed by atoms with van der Waals surface area (Å²) >= 11 is 3.37. The third-order valence-corrected chi connectivity index (χ3v) is 5.36. The lowest BCUT2D eigenvalue weighted by molar-refractivity contribution is 0.249. The van der Waals surface area contributed by atoms with Crippen LogP contribution in [0, 0.1) is 6.92 Å². The summed E-state index contributed by atoms with van der Waals surface area (Å²) in [7, 11) is -2.98. The molecule has 1 heterocycles. The van der Waals surface area contributed by atoms with E-state index >= 15 is 0 Å². The highest BCUT2D eigenvalue weighted by atomic mass is 79.9. The molecule has 2 N–H and O–H groups in total. The van der Waals surface area contributed by atoms with E-state index < -0.39 is 9.84 Å². The van der Waals surface area contributed by atoms with Gasteiger partial charge in [0.05, 0.1) is 17.2 Å². The number of urea groups is 1. The van der Waals surface area contributed by atoms with Gasteiger partial charge in [0.2, 0.25) is 0 Å². The molecule has 1 aromatic carbocycles. The van der Waals surface area contributed by atoms with Crippen LogP contribution < -0.4 is 10.6 Å². The summed E-state index contributed by atoms with van der Waals surface area (Å²) in [6.07, 6.45) is 0.477. The van der Waals surface area contributed by atoms with E-state index in [1.165, 1.54) is 0 Å². The third kappa shape index (κ3) is 3.94.